The van der Waals surface area contributed by atoms with Crippen LogP contribution in [0.15, 0.2) is 41.4 Å². The van der Waals surface area contributed by atoms with Gasteiger partial charge in [0.1, 0.15) is 23.2 Å². The van der Waals surface area contributed by atoms with Gasteiger partial charge in [-0.1, -0.05) is 30.0 Å². The molecule has 1 aromatic carbocycles. The van der Waals surface area contributed by atoms with Gasteiger partial charge in [-0.25, -0.2) is 9.97 Å². The van der Waals surface area contributed by atoms with Gasteiger partial charge >= 0.3 is 5.97 Å². The van der Waals surface area contributed by atoms with Gasteiger partial charge in [0.15, 0.2) is 5.82 Å². The first-order valence-electron chi connectivity index (χ1n) is 5.79. The third kappa shape index (κ3) is 4.43. The van der Waals surface area contributed by atoms with Gasteiger partial charge in [0, 0.05) is 6.07 Å². The normalized spacial score (nSPS) is 10.2. The number of carboxylic acid groups (broad SMARTS) is 1. The van der Waals surface area contributed by atoms with Crippen LogP contribution >= 0.6 is 11.8 Å². The number of nitrogens with zero attached hydrogens (tertiary/aromatic N) is 2. The number of ether oxygens (including phenoxy) is 1. The van der Waals surface area contributed by atoms with E-state index in [1.54, 1.807) is 6.07 Å². The molecule has 6 nitrogen and oxygen atoms in total. The van der Waals surface area contributed by atoms with Crippen molar-refractivity contribution in [1.29, 1.82) is 0 Å². The van der Waals surface area contributed by atoms with Crippen LogP contribution in [0.1, 0.15) is 5.82 Å². The molecule has 0 saturated carbocycles. The molecule has 0 fully saturated rings. The number of aliphatic carboxylic acids is 1. The van der Waals surface area contributed by atoms with Gasteiger partial charge in [-0.15, -0.1) is 0 Å². The van der Waals surface area contributed by atoms with Gasteiger partial charge in [0.2, 0.25) is 0 Å². The van der Waals surface area contributed by atoms with Crippen molar-refractivity contribution in [2.75, 3.05) is 11.5 Å². The fraction of sp³-hybridized carbons (Fsp3) is 0.154. The summed E-state index contributed by atoms with van der Waals surface area (Å²) in [6.45, 7) is 0.176. The van der Waals surface area contributed by atoms with E-state index in [1.807, 2.05) is 30.3 Å². The van der Waals surface area contributed by atoms with Crippen LogP contribution in [-0.2, 0) is 11.4 Å². The molecule has 0 atom stereocenters. The predicted octanol–water partition coefficient (Wildman–Crippen LogP) is 1.81. The lowest BCUT2D eigenvalue weighted by atomic mass is 10.3. The average molecular weight is 291 g/mol. The molecule has 2 rings (SSSR count). The minimum Gasteiger partial charge on any atom is -0.486 e. The molecule has 0 spiro atoms. The Morgan fingerprint density at radius 2 is 2.05 bits per heavy atom. The number of carboxylic acids is 1. The van der Waals surface area contributed by atoms with Crippen molar-refractivity contribution in [3.8, 4) is 5.75 Å². The van der Waals surface area contributed by atoms with E-state index in [2.05, 4.69) is 9.97 Å². The lowest BCUT2D eigenvalue weighted by Gasteiger charge is -2.07. The standard InChI is InChI=1S/C13H13N3O3S/c14-10-6-12(20-8-13(17)18)16-11(15-10)7-19-9-4-2-1-3-5-9/h1-6H,7-8H2,(H,17,18)(H2,14,15,16). The van der Waals surface area contributed by atoms with Gasteiger partial charge < -0.3 is 15.6 Å². The summed E-state index contributed by atoms with van der Waals surface area (Å²) in [5.74, 6) is 0.434. The molecule has 0 radical (unpaired) electrons. The Morgan fingerprint density at radius 3 is 2.75 bits per heavy atom. The van der Waals surface area contributed by atoms with Crippen molar-refractivity contribution in [3.63, 3.8) is 0 Å². The highest BCUT2D eigenvalue weighted by atomic mass is 32.2. The molecule has 0 amide bonds. The Hall–Kier alpha value is -2.28. The number of carbonyl (C=O) groups is 1. The summed E-state index contributed by atoms with van der Waals surface area (Å²) in [6.07, 6.45) is 0. The van der Waals surface area contributed by atoms with E-state index >= 15 is 0 Å². The van der Waals surface area contributed by atoms with Gasteiger partial charge in [-0.2, -0.15) is 0 Å². The zero-order chi connectivity index (χ0) is 14.4. The number of aromatic nitrogens is 2. The number of para-hydroxylation sites is 1. The number of benzene rings is 1. The summed E-state index contributed by atoms with van der Waals surface area (Å²) in [5.41, 5.74) is 5.67. The maximum absolute atomic E-state index is 10.5. The molecule has 0 unspecified atom stereocenters. The topological polar surface area (TPSA) is 98.3 Å². The van der Waals surface area contributed by atoms with E-state index in [9.17, 15) is 4.79 Å². The van der Waals surface area contributed by atoms with Crippen LogP contribution in [0.25, 0.3) is 0 Å². The first kappa shape index (κ1) is 14.1. The van der Waals surface area contributed by atoms with E-state index in [0.29, 0.717) is 22.4 Å². The van der Waals surface area contributed by atoms with Crippen molar-refractivity contribution >= 4 is 23.5 Å². The molecule has 20 heavy (non-hydrogen) atoms. The maximum Gasteiger partial charge on any atom is 0.313 e. The molecule has 0 saturated heterocycles. The number of hydrogen-bond acceptors (Lipinski definition) is 6. The van der Waals surface area contributed by atoms with Gasteiger partial charge in [0.25, 0.3) is 0 Å². The molecule has 7 heteroatoms. The van der Waals surface area contributed by atoms with Gasteiger partial charge in [-0.3, -0.25) is 4.79 Å². The van der Waals surface area contributed by atoms with E-state index in [4.69, 9.17) is 15.6 Å². The SMILES string of the molecule is Nc1cc(SCC(=O)O)nc(COc2ccccc2)n1. The molecule has 0 aliphatic heterocycles. The fourth-order valence-electron chi connectivity index (χ4n) is 1.43. The first-order chi connectivity index (χ1) is 9.63. The Balaban J connectivity index is 2.02. The second kappa shape index (κ2) is 6.76. The molecule has 3 N–H and O–H groups in total. The van der Waals surface area contributed by atoms with Crippen LogP contribution in [-0.4, -0.2) is 26.8 Å². The number of nitrogens with two attached hydrogens (primary N) is 1. The van der Waals surface area contributed by atoms with Crippen LogP contribution in [0.4, 0.5) is 5.82 Å². The second-order valence-electron chi connectivity index (χ2n) is 3.83. The third-order valence-electron chi connectivity index (χ3n) is 2.22. The van der Waals surface area contributed by atoms with Crippen molar-refractivity contribution in [1.82, 2.24) is 9.97 Å². The highest BCUT2D eigenvalue weighted by Crippen LogP contribution is 2.18. The summed E-state index contributed by atoms with van der Waals surface area (Å²) < 4.78 is 5.52. The second-order valence-corrected chi connectivity index (χ2v) is 4.83. The Kier molecular flexibility index (Phi) is 4.78. The highest BCUT2D eigenvalue weighted by Gasteiger charge is 2.06. The summed E-state index contributed by atoms with van der Waals surface area (Å²) in [7, 11) is 0. The quantitative estimate of drug-likeness (QED) is 0.618. The van der Waals surface area contributed by atoms with Gasteiger partial charge in [0.05, 0.1) is 5.75 Å². The first-order valence-corrected chi connectivity index (χ1v) is 6.78. The van der Waals surface area contributed by atoms with Crippen molar-refractivity contribution in [2.24, 2.45) is 0 Å². The Morgan fingerprint density at radius 1 is 1.30 bits per heavy atom. The van der Waals surface area contributed by atoms with Crippen LogP contribution in [0.5, 0.6) is 5.75 Å². The van der Waals surface area contributed by atoms with Crippen LogP contribution in [0, 0.1) is 0 Å². The van der Waals surface area contributed by atoms with Crippen LogP contribution < -0.4 is 10.5 Å². The Bertz CT molecular complexity index is 593. The van der Waals surface area contributed by atoms with Crippen molar-refractivity contribution in [2.45, 2.75) is 11.6 Å². The third-order valence-corrected chi connectivity index (χ3v) is 3.12. The van der Waals surface area contributed by atoms with Crippen molar-refractivity contribution < 1.29 is 14.6 Å². The number of rotatable bonds is 6. The number of hydrogen-bond donors (Lipinski definition) is 2. The number of anilines is 1. The number of thioether (sulfide) groups is 1. The van der Waals surface area contributed by atoms with E-state index in [0.717, 1.165) is 11.8 Å². The molecule has 0 bridgehead atoms. The minimum atomic E-state index is -0.908. The van der Waals surface area contributed by atoms with E-state index in [-0.39, 0.29) is 12.4 Å². The molecular weight excluding hydrogens is 278 g/mol. The average Bonchev–Trinajstić information content (AvgIpc) is 2.44. The zero-order valence-electron chi connectivity index (χ0n) is 10.5. The summed E-state index contributed by atoms with van der Waals surface area (Å²) >= 11 is 1.09. The molecule has 0 aliphatic carbocycles. The zero-order valence-corrected chi connectivity index (χ0v) is 11.3. The van der Waals surface area contributed by atoms with Crippen molar-refractivity contribution in [3.05, 3.63) is 42.2 Å². The molecule has 104 valence electrons. The maximum atomic E-state index is 10.5. The number of nitrogen functional groups attached to an aromatic ring is 1. The molecule has 1 aromatic heterocycles. The summed E-state index contributed by atoms with van der Waals surface area (Å²) in [4.78, 5) is 18.8. The summed E-state index contributed by atoms with van der Waals surface area (Å²) in [6, 6.07) is 10.8. The van der Waals surface area contributed by atoms with E-state index in [1.165, 1.54) is 0 Å². The highest BCUT2D eigenvalue weighted by molar-refractivity contribution is 7.99. The lowest BCUT2D eigenvalue weighted by molar-refractivity contribution is -0.133. The molecule has 1 heterocycles. The monoisotopic (exact) mass is 291 g/mol. The summed E-state index contributed by atoms with van der Waals surface area (Å²) in [5, 5.41) is 9.17. The largest absolute Gasteiger partial charge is 0.486 e. The van der Waals surface area contributed by atoms with Crippen LogP contribution in [0.2, 0.25) is 0 Å². The van der Waals surface area contributed by atoms with Crippen LogP contribution in [0.3, 0.4) is 0 Å². The lowest BCUT2D eigenvalue weighted by Crippen LogP contribution is -2.06. The smallest absolute Gasteiger partial charge is 0.313 e. The molecule has 2 aromatic rings. The predicted molar refractivity (Wildman–Crippen MR) is 75.6 cm³/mol. The minimum absolute atomic E-state index is 0.0740. The Labute approximate surface area is 120 Å². The fourth-order valence-corrected chi connectivity index (χ4v) is 2.08. The van der Waals surface area contributed by atoms with E-state index < -0.39 is 5.97 Å². The van der Waals surface area contributed by atoms with Gasteiger partial charge in [-0.05, 0) is 12.1 Å². The molecule has 0 aliphatic rings. The molecular formula is C13H13N3O3S.